The van der Waals surface area contributed by atoms with Crippen LogP contribution in [0.15, 0.2) is 53.6 Å². The molecule has 0 radical (unpaired) electrons. The number of nitrogens with zero attached hydrogens (tertiary/aromatic N) is 5. The molecule has 0 aromatic heterocycles. The van der Waals surface area contributed by atoms with Gasteiger partial charge in [-0.1, -0.05) is 31.5 Å². The average molecular weight is 462 g/mol. The Kier molecular flexibility index (Phi) is 12.8. The number of amides is 1. The lowest BCUT2D eigenvalue weighted by molar-refractivity contribution is -0.132. The van der Waals surface area contributed by atoms with Crippen molar-refractivity contribution in [2.24, 2.45) is 10.1 Å². The van der Waals surface area contributed by atoms with E-state index in [2.05, 4.69) is 28.2 Å². The Labute approximate surface area is 197 Å². The monoisotopic (exact) mass is 461 g/mol. The Hall–Kier alpha value is -2.80. The summed E-state index contributed by atoms with van der Waals surface area (Å²) in [5, 5.41) is 6.85. The number of piperazine rings is 1. The molecule has 0 saturated carbocycles. The van der Waals surface area contributed by atoms with Crippen molar-refractivity contribution in [3.05, 3.63) is 48.5 Å². The molecule has 32 heavy (non-hydrogen) atoms. The lowest BCUT2D eigenvalue weighted by atomic mass is 10.2. The second-order valence-corrected chi connectivity index (χ2v) is 7.20. The maximum absolute atomic E-state index is 12.7. The number of carbonyl (C=O) groups excluding carboxylic acids is 1. The molecule has 0 spiro atoms. The molecule has 0 unspecified atom stereocenters. The molecule has 3 rings (SSSR count). The summed E-state index contributed by atoms with van der Waals surface area (Å²) in [6.07, 6.45) is 6.44. The van der Waals surface area contributed by atoms with E-state index in [4.69, 9.17) is 16.3 Å². The maximum Gasteiger partial charge on any atom is 0.244 e. The van der Waals surface area contributed by atoms with Crippen LogP contribution in [0, 0.1) is 0 Å². The van der Waals surface area contributed by atoms with Gasteiger partial charge in [-0.05, 0) is 25.1 Å². The summed E-state index contributed by atoms with van der Waals surface area (Å²) in [6.45, 7) is 15.5. The molecule has 0 N–H and O–H groups in total. The van der Waals surface area contributed by atoms with Crippen molar-refractivity contribution in [3.8, 4) is 5.75 Å². The van der Waals surface area contributed by atoms with E-state index in [-0.39, 0.29) is 12.5 Å². The van der Waals surface area contributed by atoms with Gasteiger partial charge in [0.2, 0.25) is 5.91 Å². The molecular formula is C24H36ClN5O2. The number of carbonyl (C=O) groups is 1. The predicted octanol–water partition coefficient (Wildman–Crippen LogP) is 4.49. The van der Waals surface area contributed by atoms with Crippen LogP contribution in [-0.2, 0) is 4.79 Å². The molecule has 0 atom stereocenters. The van der Waals surface area contributed by atoms with Crippen molar-refractivity contribution in [1.82, 2.24) is 9.91 Å². The van der Waals surface area contributed by atoms with Crippen LogP contribution in [0.5, 0.6) is 5.75 Å². The van der Waals surface area contributed by atoms with Gasteiger partial charge in [-0.3, -0.25) is 14.8 Å². The fraction of sp³-hybridized carbons (Fsp3) is 0.458. The zero-order valence-electron chi connectivity index (χ0n) is 19.8. The van der Waals surface area contributed by atoms with Crippen LogP contribution in [0.1, 0.15) is 27.2 Å². The summed E-state index contributed by atoms with van der Waals surface area (Å²) in [6, 6.07) is 5.76. The zero-order valence-corrected chi connectivity index (χ0v) is 20.5. The van der Waals surface area contributed by atoms with Gasteiger partial charge in [0.15, 0.2) is 0 Å². The second-order valence-electron chi connectivity index (χ2n) is 6.79. The SMILES string of the molecule is C=C.CC.COc1cc(N2CCN(C(=O)CN3C/N=C\C=C/C/C(C)=N\3)CC2)ccc1Cl. The van der Waals surface area contributed by atoms with E-state index >= 15 is 0 Å². The molecule has 1 amide bonds. The first kappa shape index (κ1) is 27.2. The van der Waals surface area contributed by atoms with Gasteiger partial charge in [-0.25, -0.2) is 0 Å². The first-order chi connectivity index (χ1) is 15.6. The number of halogens is 1. The van der Waals surface area contributed by atoms with Crippen LogP contribution in [0.4, 0.5) is 5.69 Å². The van der Waals surface area contributed by atoms with Crippen LogP contribution in [0.25, 0.3) is 0 Å². The Balaban J connectivity index is 0.00000121. The van der Waals surface area contributed by atoms with Gasteiger partial charge in [-0.2, -0.15) is 5.10 Å². The highest BCUT2D eigenvalue weighted by Crippen LogP contribution is 2.29. The number of anilines is 1. The lowest BCUT2D eigenvalue weighted by Crippen LogP contribution is -2.51. The van der Waals surface area contributed by atoms with Gasteiger partial charge < -0.3 is 14.5 Å². The Bertz CT molecular complexity index is 802. The summed E-state index contributed by atoms with van der Waals surface area (Å²) in [5.41, 5.74) is 2.02. The number of rotatable bonds is 4. The molecule has 176 valence electrons. The molecule has 2 aliphatic rings. The Morgan fingerprint density at radius 2 is 1.88 bits per heavy atom. The number of aliphatic imine (C=N–C) groups is 1. The third-order valence-corrected chi connectivity index (χ3v) is 5.06. The number of ether oxygens (including phenoxy) is 1. The minimum absolute atomic E-state index is 0.0762. The molecule has 2 heterocycles. The minimum atomic E-state index is 0.0762. The summed E-state index contributed by atoms with van der Waals surface area (Å²) in [7, 11) is 1.61. The highest BCUT2D eigenvalue weighted by Gasteiger charge is 2.23. The van der Waals surface area contributed by atoms with Crippen molar-refractivity contribution < 1.29 is 9.53 Å². The molecule has 1 fully saturated rings. The van der Waals surface area contributed by atoms with Gasteiger partial charge in [0, 0.05) is 56.3 Å². The average Bonchev–Trinajstić information content (AvgIpc) is 2.93. The summed E-state index contributed by atoms with van der Waals surface area (Å²) >= 11 is 6.11. The van der Waals surface area contributed by atoms with Gasteiger partial charge >= 0.3 is 0 Å². The largest absolute Gasteiger partial charge is 0.495 e. The number of allylic oxidation sites excluding steroid dienone is 2. The van der Waals surface area contributed by atoms with Crippen molar-refractivity contribution in [2.75, 3.05) is 51.4 Å². The van der Waals surface area contributed by atoms with E-state index in [0.29, 0.717) is 30.5 Å². The number of benzene rings is 1. The van der Waals surface area contributed by atoms with Crippen LogP contribution in [-0.4, -0.2) is 74.2 Å². The number of hydrogen-bond acceptors (Lipinski definition) is 6. The van der Waals surface area contributed by atoms with Crippen LogP contribution in [0.3, 0.4) is 0 Å². The van der Waals surface area contributed by atoms with Crippen molar-refractivity contribution in [2.45, 2.75) is 27.2 Å². The predicted molar refractivity (Wildman–Crippen MR) is 136 cm³/mol. The first-order valence-corrected chi connectivity index (χ1v) is 11.2. The number of methoxy groups -OCH3 is 1. The van der Waals surface area contributed by atoms with Crippen LogP contribution < -0.4 is 9.64 Å². The van der Waals surface area contributed by atoms with E-state index in [9.17, 15) is 4.79 Å². The first-order valence-electron chi connectivity index (χ1n) is 10.9. The molecule has 1 saturated heterocycles. The summed E-state index contributed by atoms with van der Waals surface area (Å²) in [4.78, 5) is 21.2. The molecular weight excluding hydrogens is 426 g/mol. The van der Waals surface area contributed by atoms with Gasteiger partial charge in [0.1, 0.15) is 19.0 Å². The number of hydrazone groups is 1. The minimum Gasteiger partial charge on any atom is -0.495 e. The third-order valence-electron chi connectivity index (χ3n) is 4.75. The van der Waals surface area contributed by atoms with Gasteiger partial charge in [0.25, 0.3) is 0 Å². The van der Waals surface area contributed by atoms with Crippen molar-refractivity contribution >= 4 is 35.1 Å². The van der Waals surface area contributed by atoms with E-state index in [1.165, 1.54) is 0 Å². The zero-order chi connectivity index (χ0) is 23.9. The molecule has 2 aliphatic heterocycles. The molecule has 8 heteroatoms. The van der Waals surface area contributed by atoms with Gasteiger partial charge in [-0.15, -0.1) is 13.2 Å². The fourth-order valence-electron chi connectivity index (χ4n) is 3.22. The molecule has 1 aromatic carbocycles. The highest BCUT2D eigenvalue weighted by atomic mass is 35.5. The summed E-state index contributed by atoms with van der Waals surface area (Å²) in [5.74, 6) is 0.737. The maximum atomic E-state index is 12.7. The normalized spacial score (nSPS) is 19.4. The van der Waals surface area contributed by atoms with Crippen molar-refractivity contribution in [1.29, 1.82) is 0 Å². The van der Waals surface area contributed by atoms with E-state index in [1.54, 1.807) is 18.3 Å². The Morgan fingerprint density at radius 3 is 2.53 bits per heavy atom. The van der Waals surface area contributed by atoms with Crippen LogP contribution >= 0.6 is 11.6 Å². The van der Waals surface area contributed by atoms with E-state index in [1.807, 2.05) is 56.0 Å². The highest BCUT2D eigenvalue weighted by molar-refractivity contribution is 6.32. The quantitative estimate of drug-likeness (QED) is 0.620. The molecule has 1 aromatic rings. The third kappa shape index (κ3) is 8.38. The molecule has 7 nitrogen and oxygen atoms in total. The topological polar surface area (TPSA) is 60.7 Å². The second kappa shape index (κ2) is 15.1. The lowest BCUT2D eigenvalue weighted by Gasteiger charge is -2.36. The molecule has 0 bridgehead atoms. The Morgan fingerprint density at radius 1 is 1.19 bits per heavy atom. The fourth-order valence-corrected chi connectivity index (χ4v) is 3.41. The standard InChI is InChI=1S/C20H26ClN5O2.C2H6.C2H4/c1-16-5-3-4-8-22-15-26(23-16)14-20(27)25-11-9-24(10-12-25)17-6-7-18(21)19(13-17)28-2;2*1-2/h3-4,6-8,13H,5,9-12,14-15H2,1-2H3;1-2H3;1-2H2/b4-3-,22-8-,23-16-;;. The van der Waals surface area contributed by atoms with Crippen LogP contribution in [0.2, 0.25) is 5.02 Å². The van der Waals surface area contributed by atoms with E-state index in [0.717, 1.165) is 30.9 Å². The van der Waals surface area contributed by atoms with Gasteiger partial charge in [0.05, 0.1) is 12.1 Å². The van der Waals surface area contributed by atoms with E-state index < -0.39 is 0 Å². The number of hydrogen-bond donors (Lipinski definition) is 0. The summed E-state index contributed by atoms with van der Waals surface area (Å²) < 4.78 is 5.30. The van der Waals surface area contributed by atoms with Crippen molar-refractivity contribution in [3.63, 3.8) is 0 Å². The smallest absolute Gasteiger partial charge is 0.244 e. The molecule has 0 aliphatic carbocycles.